The molecule has 0 bridgehead atoms. The summed E-state index contributed by atoms with van der Waals surface area (Å²) in [5, 5.41) is 14.7. The Hall–Kier alpha value is -3.15. The topological polar surface area (TPSA) is 75.1 Å². The Morgan fingerprint density at radius 1 is 0.975 bits per heavy atom. The van der Waals surface area contributed by atoms with Crippen LogP contribution in [0.3, 0.4) is 0 Å². The molecule has 0 amide bonds. The Morgan fingerprint density at radius 3 is 2.45 bits per heavy atom. The van der Waals surface area contributed by atoms with Crippen LogP contribution in [0.5, 0.6) is 5.75 Å². The summed E-state index contributed by atoms with van der Waals surface area (Å²) in [7, 11) is 0. The molecule has 0 atom stereocenters. The van der Waals surface area contributed by atoms with Gasteiger partial charge in [-0.25, -0.2) is 0 Å². The van der Waals surface area contributed by atoms with Crippen molar-refractivity contribution in [3.63, 3.8) is 0 Å². The summed E-state index contributed by atoms with van der Waals surface area (Å²) in [4.78, 5) is 21.9. The van der Waals surface area contributed by atoms with Crippen molar-refractivity contribution in [1.29, 1.82) is 0 Å². The summed E-state index contributed by atoms with van der Waals surface area (Å²) < 4.78 is 0. The SMILES string of the molecule is CC(=O)c1cnc2ccc(-c3cc(Cl)c(O)c(Cl)c3)cc2c1Nc1cc(CCCCC2CCCCC2)cnc1C. The minimum atomic E-state index is -0.146. The van der Waals surface area contributed by atoms with Crippen molar-refractivity contribution >= 4 is 51.3 Å². The molecule has 4 aromatic rings. The number of phenolic OH excluding ortho intramolecular Hbond substituents is 1. The number of halogens is 2. The molecule has 0 spiro atoms. The van der Waals surface area contributed by atoms with Crippen molar-refractivity contribution in [2.75, 3.05) is 5.32 Å². The van der Waals surface area contributed by atoms with Crippen LogP contribution < -0.4 is 5.32 Å². The molecule has 2 N–H and O–H groups in total. The highest BCUT2D eigenvalue weighted by Gasteiger charge is 2.17. The van der Waals surface area contributed by atoms with Crippen molar-refractivity contribution in [3.05, 3.63) is 75.7 Å². The van der Waals surface area contributed by atoms with E-state index in [-0.39, 0.29) is 21.6 Å². The first-order valence-corrected chi connectivity index (χ1v) is 14.9. The predicted molar refractivity (Wildman–Crippen MR) is 165 cm³/mol. The van der Waals surface area contributed by atoms with Gasteiger partial charge in [0.2, 0.25) is 0 Å². The maximum absolute atomic E-state index is 12.7. The Balaban J connectivity index is 1.44. The van der Waals surface area contributed by atoms with Crippen LogP contribution in [0.1, 0.15) is 79.9 Å². The van der Waals surface area contributed by atoms with Crippen LogP contribution in [-0.4, -0.2) is 20.9 Å². The number of hydrogen-bond donors (Lipinski definition) is 2. The molecule has 0 saturated heterocycles. The number of Topliss-reactive ketones (excluding diaryl/α,β-unsaturated/α-hetero) is 1. The molecule has 40 heavy (non-hydrogen) atoms. The van der Waals surface area contributed by atoms with Crippen LogP contribution in [0.4, 0.5) is 11.4 Å². The van der Waals surface area contributed by atoms with Crippen molar-refractivity contribution in [2.24, 2.45) is 5.92 Å². The summed E-state index contributed by atoms with van der Waals surface area (Å²) in [6.07, 6.45) is 15.3. The molecule has 7 heteroatoms. The molecule has 5 nitrogen and oxygen atoms in total. The van der Waals surface area contributed by atoms with Gasteiger partial charge in [0, 0.05) is 17.8 Å². The zero-order chi connectivity index (χ0) is 28.2. The highest BCUT2D eigenvalue weighted by molar-refractivity contribution is 6.37. The summed E-state index contributed by atoms with van der Waals surface area (Å²) in [6, 6.07) is 11.3. The monoisotopic (exact) mass is 575 g/mol. The number of unbranched alkanes of at least 4 members (excludes halogenated alkanes) is 1. The summed E-state index contributed by atoms with van der Waals surface area (Å²) in [6.45, 7) is 3.52. The second-order valence-corrected chi connectivity index (χ2v) is 11.8. The summed E-state index contributed by atoms with van der Waals surface area (Å²) in [5.41, 5.74) is 6.45. The number of aryl methyl sites for hydroxylation is 2. The van der Waals surface area contributed by atoms with Crippen molar-refractivity contribution in [1.82, 2.24) is 9.97 Å². The molecule has 2 aromatic heterocycles. The average Bonchev–Trinajstić information content (AvgIpc) is 2.95. The van der Waals surface area contributed by atoms with E-state index in [1.807, 2.05) is 31.3 Å². The van der Waals surface area contributed by atoms with Gasteiger partial charge in [0.25, 0.3) is 0 Å². The number of ketones is 1. The smallest absolute Gasteiger partial charge is 0.163 e. The minimum Gasteiger partial charge on any atom is -0.505 e. The fourth-order valence-electron chi connectivity index (χ4n) is 5.72. The number of rotatable bonds is 9. The van der Waals surface area contributed by atoms with Gasteiger partial charge >= 0.3 is 0 Å². The van der Waals surface area contributed by atoms with Crippen LogP contribution in [-0.2, 0) is 6.42 Å². The van der Waals surface area contributed by atoms with Crippen LogP contribution in [0.2, 0.25) is 10.0 Å². The van der Waals surface area contributed by atoms with E-state index in [0.29, 0.717) is 11.3 Å². The molecule has 0 aliphatic heterocycles. The summed E-state index contributed by atoms with van der Waals surface area (Å²) in [5.74, 6) is 0.681. The first-order chi connectivity index (χ1) is 19.3. The highest BCUT2D eigenvalue weighted by Crippen LogP contribution is 2.39. The van der Waals surface area contributed by atoms with Crippen LogP contribution in [0.25, 0.3) is 22.0 Å². The Bertz CT molecular complexity index is 1520. The number of carbonyl (C=O) groups is 1. The quantitative estimate of drug-likeness (QED) is 0.153. The van der Waals surface area contributed by atoms with E-state index < -0.39 is 0 Å². The minimum absolute atomic E-state index is 0.0810. The second-order valence-electron chi connectivity index (χ2n) is 11.0. The van der Waals surface area contributed by atoms with E-state index in [1.54, 1.807) is 25.3 Å². The van der Waals surface area contributed by atoms with Crippen LogP contribution in [0, 0.1) is 12.8 Å². The lowest BCUT2D eigenvalue weighted by atomic mass is 9.85. The third-order valence-corrected chi connectivity index (χ3v) is 8.63. The molecule has 2 aromatic carbocycles. The van der Waals surface area contributed by atoms with E-state index in [2.05, 4.69) is 21.4 Å². The number of aromatic nitrogens is 2. The number of hydrogen-bond acceptors (Lipinski definition) is 5. The molecular formula is C33H35Cl2N3O2. The summed E-state index contributed by atoms with van der Waals surface area (Å²) >= 11 is 12.4. The third-order valence-electron chi connectivity index (χ3n) is 8.05. The standard InChI is InChI=1S/C33H35Cl2N3O2/c1-20-31(14-23(18-36-20)11-7-6-10-22-8-4-3-5-9-22)38-32-26-15-24(25-16-28(34)33(40)29(35)17-25)12-13-30(26)37-19-27(32)21(2)39/h12-19,22,40H,3-11H2,1-2H3,(H,37,38). The lowest BCUT2D eigenvalue weighted by molar-refractivity contribution is 0.101. The van der Waals surface area contributed by atoms with Gasteiger partial charge in [0.05, 0.1) is 38.2 Å². The Labute approximate surface area is 246 Å². The van der Waals surface area contributed by atoms with E-state index in [1.165, 1.54) is 50.5 Å². The van der Waals surface area contributed by atoms with Gasteiger partial charge in [-0.05, 0) is 79.6 Å². The van der Waals surface area contributed by atoms with E-state index in [0.717, 1.165) is 52.2 Å². The maximum Gasteiger partial charge on any atom is 0.163 e. The number of phenols is 1. The molecule has 5 rings (SSSR count). The number of fused-ring (bicyclic) bond motifs is 1. The van der Waals surface area contributed by atoms with Crippen molar-refractivity contribution in [3.8, 4) is 16.9 Å². The fraction of sp³-hybridized carbons (Fsp3) is 0.364. The lowest BCUT2D eigenvalue weighted by Gasteiger charge is -2.21. The van der Waals surface area contributed by atoms with Gasteiger partial charge in [0.1, 0.15) is 0 Å². The second kappa shape index (κ2) is 12.6. The Morgan fingerprint density at radius 2 is 1.73 bits per heavy atom. The number of pyridine rings is 2. The van der Waals surface area contributed by atoms with Crippen molar-refractivity contribution in [2.45, 2.75) is 71.6 Å². The van der Waals surface area contributed by atoms with E-state index in [9.17, 15) is 9.90 Å². The van der Waals surface area contributed by atoms with E-state index >= 15 is 0 Å². The number of anilines is 2. The van der Waals surface area contributed by atoms with Gasteiger partial charge in [0.15, 0.2) is 11.5 Å². The van der Waals surface area contributed by atoms with Gasteiger partial charge in [-0.3, -0.25) is 14.8 Å². The molecule has 0 radical (unpaired) electrons. The molecule has 1 aliphatic rings. The van der Waals surface area contributed by atoms with Crippen LogP contribution >= 0.6 is 23.2 Å². The largest absolute Gasteiger partial charge is 0.505 e. The Kier molecular flexibility index (Phi) is 8.92. The molecule has 208 valence electrons. The highest BCUT2D eigenvalue weighted by atomic mass is 35.5. The average molecular weight is 577 g/mol. The van der Waals surface area contributed by atoms with Gasteiger partial charge in [-0.15, -0.1) is 0 Å². The maximum atomic E-state index is 12.7. The molecule has 0 unspecified atom stereocenters. The molecular weight excluding hydrogens is 541 g/mol. The van der Waals surface area contributed by atoms with E-state index in [4.69, 9.17) is 23.2 Å². The first-order valence-electron chi connectivity index (χ1n) is 14.1. The normalized spacial score (nSPS) is 14.0. The van der Waals surface area contributed by atoms with Gasteiger partial charge in [-0.1, -0.05) is 74.2 Å². The van der Waals surface area contributed by atoms with Gasteiger partial charge in [-0.2, -0.15) is 0 Å². The lowest BCUT2D eigenvalue weighted by Crippen LogP contribution is -2.06. The predicted octanol–water partition coefficient (Wildman–Crippen LogP) is 9.86. The number of nitrogens with one attached hydrogen (secondary N) is 1. The molecule has 1 aliphatic carbocycles. The van der Waals surface area contributed by atoms with Gasteiger partial charge < -0.3 is 10.4 Å². The number of benzene rings is 2. The zero-order valence-corrected chi connectivity index (χ0v) is 24.6. The number of carbonyl (C=O) groups excluding carboxylic acids is 1. The fourth-order valence-corrected chi connectivity index (χ4v) is 6.21. The molecule has 1 saturated carbocycles. The molecule has 1 fully saturated rings. The number of aromatic hydroxyl groups is 1. The van der Waals surface area contributed by atoms with Crippen molar-refractivity contribution < 1.29 is 9.90 Å². The number of nitrogens with zero attached hydrogens (tertiary/aromatic N) is 2. The van der Waals surface area contributed by atoms with Crippen LogP contribution in [0.15, 0.2) is 48.8 Å². The first kappa shape index (κ1) is 28.4. The zero-order valence-electron chi connectivity index (χ0n) is 23.1. The molecule has 2 heterocycles. The third kappa shape index (κ3) is 6.42.